The van der Waals surface area contributed by atoms with Crippen LogP contribution in [0, 0.1) is 0 Å². The summed E-state index contributed by atoms with van der Waals surface area (Å²) in [4.78, 5) is 14.1. The molecule has 0 aliphatic rings. The van der Waals surface area contributed by atoms with Crippen molar-refractivity contribution in [1.29, 1.82) is 0 Å². The molecule has 1 aromatic rings. The molecule has 19 heavy (non-hydrogen) atoms. The van der Waals surface area contributed by atoms with Gasteiger partial charge in [-0.3, -0.25) is 0 Å². The molecular weight excluding hydrogens is 306 g/mol. The SMILES string of the molecule is O=C(O)c1ncsc1S(=O)(=O)NCCOCC(F)F. The first kappa shape index (κ1) is 15.9. The van der Waals surface area contributed by atoms with Crippen molar-refractivity contribution in [2.75, 3.05) is 19.8 Å². The number of alkyl halides is 2. The second-order valence-electron chi connectivity index (χ2n) is 3.16. The third-order valence-corrected chi connectivity index (χ3v) is 4.59. The van der Waals surface area contributed by atoms with E-state index in [2.05, 4.69) is 9.72 Å². The average molecular weight is 316 g/mol. The van der Waals surface area contributed by atoms with E-state index in [1.54, 1.807) is 0 Å². The predicted octanol–water partition coefficient (Wildman–Crippen LogP) is 0.401. The van der Waals surface area contributed by atoms with Crippen LogP contribution in [0.1, 0.15) is 10.5 Å². The average Bonchev–Trinajstić information content (AvgIpc) is 2.77. The van der Waals surface area contributed by atoms with Crippen LogP contribution in [0.4, 0.5) is 8.78 Å². The minimum atomic E-state index is -4.04. The van der Waals surface area contributed by atoms with E-state index < -0.39 is 38.9 Å². The highest BCUT2D eigenvalue weighted by molar-refractivity contribution is 7.91. The molecule has 7 nitrogen and oxygen atoms in total. The van der Waals surface area contributed by atoms with E-state index in [1.165, 1.54) is 0 Å². The van der Waals surface area contributed by atoms with Crippen molar-refractivity contribution in [3.63, 3.8) is 0 Å². The first-order valence-corrected chi connectivity index (χ1v) is 7.23. The molecule has 2 N–H and O–H groups in total. The number of halogens is 2. The number of rotatable bonds is 8. The van der Waals surface area contributed by atoms with Gasteiger partial charge in [-0.2, -0.15) is 0 Å². The minimum Gasteiger partial charge on any atom is -0.476 e. The maximum Gasteiger partial charge on any atom is 0.356 e. The second-order valence-corrected chi connectivity index (χ2v) is 5.97. The Kier molecular flexibility index (Phi) is 5.72. The largest absolute Gasteiger partial charge is 0.476 e. The van der Waals surface area contributed by atoms with Crippen LogP contribution in [0.5, 0.6) is 0 Å². The van der Waals surface area contributed by atoms with Crippen molar-refractivity contribution >= 4 is 27.3 Å². The van der Waals surface area contributed by atoms with Crippen LogP contribution in [-0.2, 0) is 14.8 Å². The van der Waals surface area contributed by atoms with Crippen LogP contribution in [0.15, 0.2) is 9.72 Å². The van der Waals surface area contributed by atoms with Gasteiger partial charge in [-0.1, -0.05) is 0 Å². The molecule has 0 atom stereocenters. The number of aromatic nitrogens is 1. The van der Waals surface area contributed by atoms with Crippen LogP contribution in [-0.4, -0.2) is 50.7 Å². The van der Waals surface area contributed by atoms with Gasteiger partial charge in [0.15, 0.2) is 9.90 Å². The van der Waals surface area contributed by atoms with E-state index in [9.17, 15) is 22.0 Å². The lowest BCUT2D eigenvalue weighted by Crippen LogP contribution is -2.28. The van der Waals surface area contributed by atoms with Crippen molar-refractivity contribution in [3.8, 4) is 0 Å². The Morgan fingerprint density at radius 2 is 2.26 bits per heavy atom. The summed E-state index contributed by atoms with van der Waals surface area (Å²) in [6, 6.07) is 0. The maximum atomic E-state index is 11.7. The van der Waals surface area contributed by atoms with Crippen molar-refractivity contribution in [2.24, 2.45) is 0 Å². The molecule has 0 saturated heterocycles. The fourth-order valence-corrected chi connectivity index (χ4v) is 3.25. The molecule has 0 bridgehead atoms. The maximum absolute atomic E-state index is 11.7. The van der Waals surface area contributed by atoms with Gasteiger partial charge < -0.3 is 9.84 Å². The number of thiazole rings is 1. The number of carboxylic acid groups (broad SMARTS) is 1. The van der Waals surface area contributed by atoms with E-state index >= 15 is 0 Å². The quantitative estimate of drug-likeness (QED) is 0.673. The molecule has 0 aromatic carbocycles. The molecule has 11 heteroatoms. The fraction of sp³-hybridized carbons (Fsp3) is 0.500. The van der Waals surface area contributed by atoms with E-state index in [-0.39, 0.29) is 13.2 Å². The monoisotopic (exact) mass is 316 g/mol. The summed E-state index contributed by atoms with van der Waals surface area (Å²) in [6.45, 7) is -1.28. The third-order valence-electron chi connectivity index (χ3n) is 1.76. The number of carbonyl (C=O) groups is 1. The van der Waals surface area contributed by atoms with Gasteiger partial charge in [-0.05, 0) is 0 Å². The molecular formula is C8H10F2N2O5S2. The van der Waals surface area contributed by atoms with E-state index in [4.69, 9.17) is 5.11 Å². The third kappa shape index (κ3) is 4.78. The lowest BCUT2D eigenvalue weighted by molar-refractivity contribution is 0.0199. The highest BCUT2D eigenvalue weighted by Gasteiger charge is 2.25. The molecule has 0 amide bonds. The smallest absolute Gasteiger partial charge is 0.356 e. The molecule has 0 spiro atoms. The molecule has 0 radical (unpaired) electrons. The number of nitrogens with zero attached hydrogens (tertiary/aromatic N) is 1. The predicted molar refractivity (Wildman–Crippen MR) is 61.1 cm³/mol. The summed E-state index contributed by atoms with van der Waals surface area (Å²) in [5, 5.41) is 8.73. The Balaban J connectivity index is 2.57. The highest BCUT2D eigenvalue weighted by Crippen LogP contribution is 2.19. The number of carboxylic acids is 1. The molecule has 0 aliphatic carbocycles. The van der Waals surface area contributed by atoms with Crippen molar-refractivity contribution in [1.82, 2.24) is 9.71 Å². The molecule has 1 aromatic heterocycles. The summed E-state index contributed by atoms with van der Waals surface area (Å²) in [6.07, 6.45) is -2.63. The first-order chi connectivity index (χ1) is 8.84. The van der Waals surface area contributed by atoms with Gasteiger partial charge in [0.2, 0.25) is 0 Å². The van der Waals surface area contributed by atoms with E-state index in [1.807, 2.05) is 4.72 Å². The number of aromatic carboxylic acids is 1. The lowest BCUT2D eigenvalue weighted by atomic mass is 10.5. The molecule has 0 unspecified atom stereocenters. The van der Waals surface area contributed by atoms with Crippen LogP contribution in [0.25, 0.3) is 0 Å². The van der Waals surface area contributed by atoms with Gasteiger partial charge in [0.1, 0.15) is 6.61 Å². The summed E-state index contributed by atoms with van der Waals surface area (Å²) in [5.41, 5.74) is 0.511. The Hall–Kier alpha value is -1.17. The van der Waals surface area contributed by atoms with E-state index in [0.717, 1.165) is 5.51 Å². The van der Waals surface area contributed by atoms with Crippen LogP contribution >= 0.6 is 11.3 Å². The highest BCUT2D eigenvalue weighted by atomic mass is 32.2. The number of nitrogens with one attached hydrogen (secondary N) is 1. The molecule has 0 saturated carbocycles. The summed E-state index contributed by atoms with van der Waals surface area (Å²) in [7, 11) is -4.04. The van der Waals surface area contributed by atoms with Crippen LogP contribution in [0.3, 0.4) is 0 Å². The fourth-order valence-electron chi connectivity index (χ4n) is 1.05. The minimum absolute atomic E-state index is 0.244. The van der Waals surface area contributed by atoms with Crippen LogP contribution in [0.2, 0.25) is 0 Å². The standard InChI is InChI=1S/C8H10F2N2O5S2/c9-5(10)3-17-2-1-12-19(15,16)8-6(7(13)14)11-4-18-8/h4-5,12H,1-3H2,(H,13,14). The van der Waals surface area contributed by atoms with Crippen LogP contribution < -0.4 is 4.72 Å². The molecule has 1 rings (SSSR count). The lowest BCUT2D eigenvalue weighted by Gasteiger charge is -2.06. The Labute approximate surface area is 111 Å². The second kappa shape index (κ2) is 6.84. The first-order valence-electron chi connectivity index (χ1n) is 4.87. The van der Waals surface area contributed by atoms with Crippen molar-refractivity contribution < 1.29 is 31.8 Å². The summed E-state index contributed by atoms with van der Waals surface area (Å²) < 4.78 is 53.0. The normalized spacial score (nSPS) is 11.9. The Bertz CT molecular complexity index is 531. The zero-order valence-electron chi connectivity index (χ0n) is 9.38. The van der Waals surface area contributed by atoms with Crippen molar-refractivity contribution in [2.45, 2.75) is 10.6 Å². The number of hydrogen-bond donors (Lipinski definition) is 2. The molecule has 1 heterocycles. The van der Waals surface area contributed by atoms with Gasteiger partial charge in [0.25, 0.3) is 16.4 Å². The summed E-state index contributed by atoms with van der Waals surface area (Å²) in [5.74, 6) is -1.46. The van der Waals surface area contributed by atoms with Gasteiger partial charge in [-0.15, -0.1) is 11.3 Å². The van der Waals surface area contributed by atoms with Gasteiger partial charge >= 0.3 is 5.97 Å². The number of ether oxygens (including phenoxy) is 1. The topological polar surface area (TPSA) is 106 Å². The van der Waals surface area contributed by atoms with E-state index in [0.29, 0.717) is 11.3 Å². The van der Waals surface area contributed by atoms with Gasteiger partial charge in [-0.25, -0.2) is 31.7 Å². The zero-order valence-corrected chi connectivity index (χ0v) is 11.0. The molecule has 0 fully saturated rings. The zero-order chi connectivity index (χ0) is 14.5. The Morgan fingerprint density at radius 1 is 1.58 bits per heavy atom. The number of hydrogen-bond acceptors (Lipinski definition) is 6. The molecule has 108 valence electrons. The summed E-state index contributed by atoms with van der Waals surface area (Å²) >= 11 is 0.650. The van der Waals surface area contributed by atoms with Gasteiger partial charge in [0.05, 0.1) is 12.1 Å². The van der Waals surface area contributed by atoms with Gasteiger partial charge in [0, 0.05) is 6.54 Å². The molecule has 0 aliphatic heterocycles. The number of sulfonamides is 1. The Morgan fingerprint density at radius 3 is 2.84 bits per heavy atom. The van der Waals surface area contributed by atoms with Crippen molar-refractivity contribution in [3.05, 3.63) is 11.2 Å².